The standard InChI is InChI=1S/C48H54O12P4.C14H22O.8Ar/c1-45(2,3)31-16-20-39(55-59-61-49)35(25-31)43(36-26-32(46(4,5)6)17-21-40(36)56-60-62-50)29-14-13-15-30(24-29)44(37-27-33(47(7,8)9)18-22-41(37)57-63(51)52)38-28-34(48(10,11)12)19-23-42(38)58-64(53)54;1-13(2,3)10-7-8-12(15)11(9-10)14(4,5)6;;;;;;;;/h13-28,43-44H,1-12H3;7-9,15H,1-6H3;;;;;;;;. The van der Waals surface area contributed by atoms with Gasteiger partial charge in [-0.2, -0.15) is 0 Å². The summed E-state index contributed by atoms with van der Waals surface area (Å²) < 4.78 is 69.3. The number of hydrogen-bond acceptors (Lipinski definition) is 13. The molecule has 13 nitrogen and oxygen atoms in total. The van der Waals surface area contributed by atoms with Crippen LogP contribution in [-0.4, -0.2) is 5.11 Å². The molecule has 0 amide bonds. The fourth-order valence-electron chi connectivity index (χ4n) is 9.13. The maximum absolute atomic E-state index is 12.4. The second-order valence-electron chi connectivity index (χ2n) is 25.9. The summed E-state index contributed by atoms with van der Waals surface area (Å²) in [6.45, 7) is 37.5. The van der Waals surface area contributed by atoms with E-state index >= 15 is 0 Å². The molecule has 0 radical (unpaired) electrons. The molecule has 0 aromatic heterocycles. The molecule has 0 spiro atoms. The quantitative estimate of drug-likeness (QED) is 0.0417. The van der Waals surface area contributed by atoms with E-state index in [1.165, 1.54) is 5.56 Å². The van der Waals surface area contributed by atoms with Crippen molar-refractivity contribution in [1.82, 2.24) is 0 Å². The third-order valence-corrected chi connectivity index (χ3v) is 14.6. The van der Waals surface area contributed by atoms with Gasteiger partial charge < -0.3 is 24.7 Å². The fourth-order valence-corrected chi connectivity index (χ4v) is 10.0. The topological polar surface area (TPSA) is 190 Å². The zero-order valence-electron chi connectivity index (χ0n) is 51.6. The van der Waals surface area contributed by atoms with Crippen molar-refractivity contribution in [3.05, 3.63) is 182 Å². The molecule has 87 heavy (non-hydrogen) atoms. The van der Waals surface area contributed by atoms with Crippen molar-refractivity contribution in [3.8, 4) is 28.7 Å². The van der Waals surface area contributed by atoms with E-state index in [1.54, 1.807) is 42.5 Å². The maximum atomic E-state index is 12.4. The first kappa shape index (κ1) is 98.0. The minimum atomic E-state index is -3.39. The molecule has 486 valence electrons. The summed E-state index contributed by atoms with van der Waals surface area (Å²) in [5.41, 5.74) is 7.73. The number of phenolic OH excluding ortho intramolecular Hbond substituents is 1. The van der Waals surface area contributed by atoms with Gasteiger partial charge in [-0.1, -0.05) is 219 Å². The van der Waals surface area contributed by atoms with Gasteiger partial charge in [0.05, 0.1) is 0 Å². The number of benzene rings is 6. The van der Waals surface area contributed by atoms with E-state index in [4.69, 9.17) is 28.2 Å². The normalized spacial score (nSPS) is 12.5. The Morgan fingerprint density at radius 3 is 0.908 bits per heavy atom. The van der Waals surface area contributed by atoms with Crippen molar-refractivity contribution in [2.24, 2.45) is 0 Å². The molecule has 0 aliphatic heterocycles. The van der Waals surface area contributed by atoms with Gasteiger partial charge in [-0.25, -0.2) is 9.13 Å². The largest absolute Gasteiger partial charge is 0.558 e. The summed E-state index contributed by atoms with van der Waals surface area (Å²) in [4.78, 5) is 36.2. The number of hydrogen-bond donors (Lipinski definition) is 1. The Morgan fingerprint density at radius 1 is 0.379 bits per heavy atom. The van der Waals surface area contributed by atoms with E-state index in [0.29, 0.717) is 39.1 Å². The number of aromatic hydroxyl groups is 1. The van der Waals surface area contributed by atoms with Gasteiger partial charge in [-0.3, -0.25) is 9.05 Å². The molecule has 0 saturated heterocycles. The molecule has 0 fully saturated rings. The van der Waals surface area contributed by atoms with Gasteiger partial charge in [0, 0.05) is 336 Å². The zero-order valence-corrected chi connectivity index (χ0v) is 60.8. The van der Waals surface area contributed by atoms with Crippen molar-refractivity contribution < 1.29 is 363 Å². The predicted molar refractivity (Wildman–Crippen MR) is 310 cm³/mol. The third kappa shape index (κ3) is 29.4. The fraction of sp³-hybridized carbons (Fsp3) is 0.419. The van der Waals surface area contributed by atoms with Crippen molar-refractivity contribution in [2.75, 3.05) is 0 Å². The van der Waals surface area contributed by atoms with Gasteiger partial charge in [-0.15, -0.1) is 0 Å². The van der Waals surface area contributed by atoms with E-state index in [0.717, 1.165) is 27.8 Å². The first-order chi connectivity index (χ1) is 36.4. The molecule has 6 rings (SSSR count). The molecule has 0 heterocycles. The molecule has 0 aliphatic rings. The first-order valence-corrected chi connectivity index (χ1v) is 29.6. The summed E-state index contributed by atoms with van der Waals surface area (Å²) in [5, 5.41) is 9.84. The van der Waals surface area contributed by atoms with Gasteiger partial charge in [0.2, 0.25) is 0 Å². The van der Waals surface area contributed by atoms with E-state index in [-0.39, 0.29) is 347 Å². The van der Waals surface area contributed by atoms with Crippen LogP contribution in [-0.2, 0) is 60.1 Å². The van der Waals surface area contributed by atoms with Crippen LogP contribution in [0.25, 0.3) is 0 Å². The van der Waals surface area contributed by atoms with Crippen LogP contribution in [0.2, 0.25) is 0 Å². The van der Waals surface area contributed by atoms with Crippen LogP contribution in [0.3, 0.4) is 0 Å². The molecule has 2 atom stereocenters. The van der Waals surface area contributed by atoms with E-state index in [1.807, 2.05) is 108 Å². The van der Waals surface area contributed by atoms with Gasteiger partial charge in [0.1, 0.15) is 5.75 Å². The van der Waals surface area contributed by atoms with Crippen molar-refractivity contribution in [2.45, 2.75) is 169 Å². The Morgan fingerprint density at radius 2 is 0.644 bits per heavy atom. The van der Waals surface area contributed by atoms with Crippen molar-refractivity contribution in [1.29, 1.82) is 0 Å². The Balaban J connectivity index is -0.00000131. The summed E-state index contributed by atoms with van der Waals surface area (Å²) in [5.74, 6) is -0.735. The smallest absolute Gasteiger partial charge is 0.539 e. The minimum absolute atomic E-state index is 0. The Bertz CT molecular complexity index is 3050. The van der Waals surface area contributed by atoms with Gasteiger partial charge >= 0.3 is 33.9 Å². The van der Waals surface area contributed by atoms with E-state index in [9.17, 15) is 33.2 Å². The Hall–Kier alpha value is 4.64. The summed E-state index contributed by atoms with van der Waals surface area (Å²) in [6, 6.07) is 35.3. The van der Waals surface area contributed by atoms with E-state index in [2.05, 4.69) is 89.2 Å². The van der Waals surface area contributed by atoms with Crippen LogP contribution in [0, 0.1) is 302 Å². The molecular weight excluding hydrogens is 1400 g/mol. The first-order valence-electron chi connectivity index (χ1n) is 25.9. The summed E-state index contributed by atoms with van der Waals surface area (Å²) >= 11 is 0. The van der Waals surface area contributed by atoms with Gasteiger partial charge in [-0.05, 0) is 116 Å². The third-order valence-electron chi connectivity index (χ3n) is 13.7. The molecule has 0 aliphatic carbocycles. The molecular formula is C62H76Ar8O13P4. The zero-order chi connectivity index (χ0) is 59.2. The molecule has 2 unspecified atom stereocenters. The van der Waals surface area contributed by atoms with Gasteiger partial charge in [0.15, 0.2) is 23.0 Å². The van der Waals surface area contributed by atoms with Crippen LogP contribution in [0.1, 0.15) is 203 Å². The molecule has 6 aromatic carbocycles. The molecule has 6 aromatic rings. The number of phenols is 1. The van der Waals surface area contributed by atoms with Crippen molar-refractivity contribution >= 4 is 33.9 Å². The SMILES string of the molecule is CC(C)(C)c1ccc(O)c(C(C)(C)C)c1.CC(C)(C)c1ccc(OOP=O)c(C(c2cccc(C(c3cc(C(C)(C)C)ccc3O[P+](=O)[O-])c3cc(C(C)(C)C)ccc3O[P+](=O)[O-])c2)c2cc(C(C)(C)C)ccc2OOP=O)c1.[Ar].[Ar].[Ar].[Ar].[Ar].[Ar].[Ar].[Ar]. The Labute approximate surface area is 761 Å². The molecule has 1 N–H and O–H groups in total. The summed E-state index contributed by atoms with van der Waals surface area (Å²) in [6.07, 6.45) is 0. The molecule has 25 heteroatoms. The van der Waals surface area contributed by atoms with Crippen molar-refractivity contribution in [3.63, 3.8) is 0 Å². The van der Waals surface area contributed by atoms with E-state index < -0.39 is 56.5 Å². The average Bonchev–Trinajstić information content (AvgIpc) is 3.32. The monoisotopic (exact) mass is 1470 g/mol. The second kappa shape index (κ2) is 42.7. The average molecular weight is 1470 g/mol. The maximum Gasteiger partial charge on any atom is 0.539 e. The van der Waals surface area contributed by atoms with Crippen LogP contribution in [0.4, 0.5) is 0 Å². The van der Waals surface area contributed by atoms with Gasteiger partial charge in [0.25, 0.3) is 0 Å². The van der Waals surface area contributed by atoms with Crippen LogP contribution in [0.15, 0.2) is 115 Å². The molecule has 0 bridgehead atoms. The predicted octanol–water partition coefficient (Wildman–Crippen LogP) is 17.1. The summed E-state index contributed by atoms with van der Waals surface area (Å²) in [7, 11) is -8.22. The van der Waals surface area contributed by atoms with Crippen LogP contribution >= 0.6 is 33.9 Å². The van der Waals surface area contributed by atoms with Crippen LogP contribution in [0.5, 0.6) is 28.7 Å². The Kier molecular flexibility index (Phi) is 48.1. The second-order valence-corrected chi connectivity index (χ2v) is 27.7. The number of rotatable bonds is 16. The minimum Gasteiger partial charge on any atom is -0.558 e. The van der Waals surface area contributed by atoms with Crippen LogP contribution < -0.4 is 28.6 Å². The molecule has 0 saturated carbocycles.